The lowest BCUT2D eigenvalue weighted by Gasteiger charge is -2.18. The average Bonchev–Trinajstić information content (AvgIpc) is 2.47. The molecule has 0 saturated carbocycles. The van der Waals surface area contributed by atoms with E-state index in [1.807, 2.05) is 0 Å². The maximum Gasteiger partial charge on any atom is 0.314 e. The third-order valence-corrected chi connectivity index (χ3v) is 3.28. The van der Waals surface area contributed by atoms with Gasteiger partial charge in [-0.05, 0) is 22.0 Å². The summed E-state index contributed by atoms with van der Waals surface area (Å²) < 4.78 is 8.74. The van der Waals surface area contributed by atoms with Crippen molar-refractivity contribution >= 4 is 8.25 Å². The Kier molecular flexibility index (Phi) is 9.84. The van der Waals surface area contributed by atoms with E-state index in [1.165, 1.54) is 11.1 Å². The highest BCUT2D eigenvalue weighted by atomic mass is 31.1. The molecule has 0 fully saturated rings. The highest BCUT2D eigenvalue weighted by Crippen LogP contribution is 2.21. The molecule has 134 valence electrons. The minimum absolute atomic E-state index is 0.293. The van der Waals surface area contributed by atoms with Crippen molar-refractivity contribution in [1.29, 1.82) is 0 Å². The van der Waals surface area contributed by atoms with Crippen LogP contribution in [-0.4, -0.2) is 9.79 Å². The fraction of sp³-hybridized carbons (Fsp3) is 0.400. The molecule has 2 N–H and O–H groups in total. The number of hydrogen-bond acceptors (Lipinski definition) is 1. The van der Waals surface area contributed by atoms with E-state index in [4.69, 9.17) is 14.4 Å². The number of hydrogen-bond donors (Lipinski definition) is 2. The van der Waals surface area contributed by atoms with Gasteiger partial charge < -0.3 is 9.79 Å². The highest BCUT2D eigenvalue weighted by Gasteiger charge is 2.11. The summed E-state index contributed by atoms with van der Waals surface area (Å²) in [6.45, 7) is 13.3. The first-order valence-electron chi connectivity index (χ1n) is 7.97. The molecule has 0 aliphatic rings. The van der Waals surface area contributed by atoms with E-state index >= 15 is 0 Å². The van der Waals surface area contributed by atoms with Crippen LogP contribution in [-0.2, 0) is 15.4 Å². The maximum atomic E-state index is 8.74. The van der Waals surface area contributed by atoms with Crippen molar-refractivity contribution in [2.75, 3.05) is 0 Å². The van der Waals surface area contributed by atoms with Gasteiger partial charge in [0.2, 0.25) is 0 Å². The second-order valence-electron chi connectivity index (χ2n) is 7.51. The van der Waals surface area contributed by atoms with Crippen molar-refractivity contribution in [2.45, 2.75) is 52.4 Å². The van der Waals surface area contributed by atoms with Gasteiger partial charge in [0.05, 0.1) is 0 Å². The smallest absolute Gasteiger partial charge is 0.314 e. The van der Waals surface area contributed by atoms with Gasteiger partial charge in [0.25, 0.3) is 0 Å². The zero-order valence-corrected chi connectivity index (χ0v) is 16.6. The van der Waals surface area contributed by atoms with Crippen LogP contribution in [0.15, 0.2) is 60.7 Å². The first kappa shape index (κ1) is 22.6. The van der Waals surface area contributed by atoms with Crippen LogP contribution in [0.4, 0.5) is 0 Å². The Morgan fingerprint density at radius 3 is 0.958 bits per heavy atom. The van der Waals surface area contributed by atoms with Crippen LogP contribution in [0.1, 0.15) is 52.7 Å². The molecule has 0 spiro atoms. The van der Waals surface area contributed by atoms with Crippen LogP contribution in [0.3, 0.4) is 0 Å². The van der Waals surface area contributed by atoms with Gasteiger partial charge in [-0.15, -0.1) is 0 Å². The zero-order chi connectivity index (χ0) is 18.8. The summed E-state index contributed by atoms with van der Waals surface area (Å²) in [5.74, 6) is 0. The standard InChI is InChI=1S/2C10H14.H3O3P/c2*1-10(2,3)9-7-5-4-6-8-9;1-4(2)3/h2*4-8H,1-3H3;4H,(H2,1,2,3). The average molecular weight is 350 g/mol. The van der Waals surface area contributed by atoms with E-state index < -0.39 is 8.25 Å². The van der Waals surface area contributed by atoms with Gasteiger partial charge in [-0.3, -0.25) is 4.57 Å². The van der Waals surface area contributed by atoms with E-state index in [-0.39, 0.29) is 0 Å². The van der Waals surface area contributed by atoms with Gasteiger partial charge in [0.1, 0.15) is 0 Å². The zero-order valence-electron chi connectivity index (χ0n) is 15.6. The van der Waals surface area contributed by atoms with Crippen molar-refractivity contribution in [1.82, 2.24) is 0 Å². The van der Waals surface area contributed by atoms with Gasteiger partial charge in [0.15, 0.2) is 0 Å². The summed E-state index contributed by atoms with van der Waals surface area (Å²) >= 11 is 0. The molecule has 3 nitrogen and oxygen atoms in total. The normalized spacial score (nSPS) is 11.0. The van der Waals surface area contributed by atoms with Gasteiger partial charge in [-0.1, -0.05) is 102 Å². The SMILES string of the molecule is CC(C)(C)c1ccccc1.CC(C)(C)c1ccccc1.O=[PH](O)O. The fourth-order valence-corrected chi connectivity index (χ4v) is 1.88. The van der Waals surface area contributed by atoms with E-state index in [0.29, 0.717) is 10.8 Å². The Balaban J connectivity index is 0.000000363. The monoisotopic (exact) mass is 350 g/mol. The Morgan fingerprint density at radius 1 is 0.625 bits per heavy atom. The second kappa shape index (κ2) is 10.5. The molecule has 24 heavy (non-hydrogen) atoms. The number of benzene rings is 2. The van der Waals surface area contributed by atoms with E-state index in [9.17, 15) is 0 Å². The highest BCUT2D eigenvalue weighted by molar-refractivity contribution is 7.30. The number of rotatable bonds is 0. The summed E-state index contributed by atoms with van der Waals surface area (Å²) in [6, 6.07) is 21.1. The van der Waals surface area contributed by atoms with Crippen LogP contribution < -0.4 is 0 Å². The Bertz CT molecular complexity index is 528. The van der Waals surface area contributed by atoms with Gasteiger partial charge >= 0.3 is 8.25 Å². The fourth-order valence-electron chi connectivity index (χ4n) is 1.88. The molecule has 2 aromatic carbocycles. The van der Waals surface area contributed by atoms with Crippen LogP contribution >= 0.6 is 8.25 Å². The van der Waals surface area contributed by atoms with Gasteiger partial charge in [-0.25, -0.2) is 0 Å². The molecule has 0 heterocycles. The van der Waals surface area contributed by atoms with Crippen molar-refractivity contribution < 1.29 is 14.4 Å². The molecule has 0 bridgehead atoms. The first-order chi connectivity index (χ1) is 10.9. The van der Waals surface area contributed by atoms with Crippen molar-refractivity contribution in [3.8, 4) is 0 Å². The molecule has 4 heteroatoms. The molecular formula is C20H31O3P. The molecule has 0 aromatic heterocycles. The summed E-state index contributed by atoms with van der Waals surface area (Å²) in [7, 11) is -3.13. The Morgan fingerprint density at radius 2 is 0.833 bits per heavy atom. The van der Waals surface area contributed by atoms with Crippen molar-refractivity contribution in [3.63, 3.8) is 0 Å². The third-order valence-electron chi connectivity index (χ3n) is 3.28. The molecule has 0 aliphatic heterocycles. The summed E-state index contributed by atoms with van der Waals surface area (Å²) in [5.41, 5.74) is 3.38. The quantitative estimate of drug-likeness (QED) is 0.632. The van der Waals surface area contributed by atoms with Gasteiger partial charge in [-0.2, -0.15) is 0 Å². The lowest BCUT2D eigenvalue weighted by molar-refractivity contribution is 0.405. The predicted molar refractivity (Wildman–Crippen MR) is 104 cm³/mol. The molecule has 0 radical (unpaired) electrons. The first-order valence-corrected chi connectivity index (χ1v) is 9.28. The molecule has 2 aromatic rings. The van der Waals surface area contributed by atoms with E-state index in [2.05, 4.69) is 102 Å². The second-order valence-corrected chi connectivity index (χ2v) is 8.08. The largest absolute Gasteiger partial charge is 0.326 e. The maximum absolute atomic E-state index is 8.74. The lowest BCUT2D eigenvalue weighted by Crippen LogP contribution is -2.10. The van der Waals surface area contributed by atoms with Gasteiger partial charge in [0, 0.05) is 0 Å². The topological polar surface area (TPSA) is 57.5 Å². The minimum Gasteiger partial charge on any atom is -0.326 e. The molecule has 0 unspecified atom stereocenters. The van der Waals surface area contributed by atoms with Crippen LogP contribution in [0.25, 0.3) is 0 Å². The third kappa shape index (κ3) is 11.2. The summed E-state index contributed by atoms with van der Waals surface area (Å²) in [4.78, 5) is 14.3. The molecular weight excluding hydrogens is 319 g/mol. The molecule has 0 saturated heterocycles. The molecule has 0 atom stereocenters. The molecule has 0 aliphatic carbocycles. The minimum atomic E-state index is -3.13. The van der Waals surface area contributed by atoms with E-state index in [0.717, 1.165) is 0 Å². The van der Waals surface area contributed by atoms with Crippen molar-refractivity contribution in [2.24, 2.45) is 0 Å². The molecule has 0 amide bonds. The van der Waals surface area contributed by atoms with Crippen LogP contribution in [0.5, 0.6) is 0 Å². The summed E-state index contributed by atoms with van der Waals surface area (Å²) in [5, 5.41) is 0. The predicted octanol–water partition coefficient (Wildman–Crippen LogP) is 5.33. The Hall–Kier alpha value is -1.41. The lowest BCUT2D eigenvalue weighted by atomic mass is 9.87. The summed E-state index contributed by atoms with van der Waals surface area (Å²) in [6.07, 6.45) is 0. The van der Waals surface area contributed by atoms with Crippen LogP contribution in [0, 0.1) is 0 Å². The Labute approximate surface area is 147 Å². The molecule has 2 rings (SSSR count). The van der Waals surface area contributed by atoms with Crippen molar-refractivity contribution in [3.05, 3.63) is 71.8 Å². The van der Waals surface area contributed by atoms with E-state index in [1.54, 1.807) is 0 Å². The van der Waals surface area contributed by atoms with Crippen LogP contribution in [0.2, 0.25) is 0 Å².